The average molecular weight is 449 g/mol. The van der Waals surface area contributed by atoms with Gasteiger partial charge in [-0.05, 0) is 75.3 Å². The Balaban J connectivity index is 0. The Morgan fingerprint density at radius 2 is 1.88 bits per heavy atom. The van der Waals surface area contributed by atoms with Gasteiger partial charge in [-0.25, -0.2) is 0 Å². The highest BCUT2D eigenvalue weighted by Crippen LogP contribution is 2.17. The molecule has 0 aliphatic carbocycles. The Morgan fingerprint density at radius 1 is 1.24 bits per heavy atom. The molecule has 0 spiro atoms. The molecule has 0 fully saturated rings. The van der Waals surface area contributed by atoms with Gasteiger partial charge in [-0.2, -0.15) is 0 Å². The predicted molar refractivity (Wildman–Crippen MR) is 147 cm³/mol. The summed E-state index contributed by atoms with van der Waals surface area (Å²) in [5.41, 5.74) is 12.1. The minimum absolute atomic E-state index is 0.226. The Morgan fingerprint density at radius 3 is 2.30 bits per heavy atom. The molecule has 0 atom stereocenters. The lowest BCUT2D eigenvalue weighted by Gasteiger charge is -2.12. The smallest absolute Gasteiger partial charge is 0.130 e. The summed E-state index contributed by atoms with van der Waals surface area (Å²) in [5.74, 6) is 2.85. The van der Waals surface area contributed by atoms with E-state index in [1.165, 1.54) is 5.56 Å². The molecule has 0 bridgehead atoms. The van der Waals surface area contributed by atoms with E-state index in [0.717, 1.165) is 53.7 Å². The third-order valence-electron chi connectivity index (χ3n) is 4.70. The van der Waals surface area contributed by atoms with Crippen LogP contribution in [0.1, 0.15) is 83.9 Å². The first-order valence-electron chi connectivity index (χ1n) is 11.8. The number of hydrogen-bond acceptors (Lipinski definition) is 3. The molecule has 1 aromatic rings. The van der Waals surface area contributed by atoms with E-state index in [1.54, 1.807) is 13.0 Å². The molecule has 0 amide bonds. The summed E-state index contributed by atoms with van der Waals surface area (Å²) in [6, 6.07) is 5.98. The van der Waals surface area contributed by atoms with Gasteiger partial charge in [0.15, 0.2) is 0 Å². The zero-order valence-corrected chi connectivity index (χ0v) is 21.8. The molecule has 0 aromatic heterocycles. The molecule has 0 heterocycles. The van der Waals surface area contributed by atoms with Crippen molar-refractivity contribution in [3.63, 3.8) is 0 Å². The van der Waals surface area contributed by atoms with Crippen molar-refractivity contribution in [1.29, 1.82) is 5.41 Å². The monoisotopic (exact) mass is 448 g/mol. The van der Waals surface area contributed by atoms with Crippen LogP contribution >= 0.6 is 0 Å². The summed E-state index contributed by atoms with van der Waals surface area (Å²) < 4.78 is 0. The Hall–Kier alpha value is -3.12. The van der Waals surface area contributed by atoms with Gasteiger partial charge >= 0.3 is 0 Å². The molecule has 3 N–H and O–H groups in total. The lowest BCUT2D eigenvalue weighted by molar-refractivity contribution is -0.116. The number of carbonyl (C=O) groups is 1. The van der Waals surface area contributed by atoms with E-state index in [1.807, 2.05) is 65.0 Å². The zero-order valence-electron chi connectivity index (χ0n) is 21.8. The van der Waals surface area contributed by atoms with Gasteiger partial charge in [-0.15, -0.1) is 6.42 Å². The molecule has 180 valence electrons. The van der Waals surface area contributed by atoms with Gasteiger partial charge in [0.25, 0.3) is 0 Å². The average Bonchev–Trinajstić information content (AvgIpc) is 2.79. The third-order valence-corrected chi connectivity index (χ3v) is 4.70. The van der Waals surface area contributed by atoms with Gasteiger partial charge in [0.05, 0.1) is 5.71 Å². The van der Waals surface area contributed by atoms with E-state index in [0.29, 0.717) is 12.1 Å². The Bertz CT molecular complexity index is 888. The lowest BCUT2D eigenvalue weighted by atomic mass is 9.96. The maximum Gasteiger partial charge on any atom is 0.130 e. The van der Waals surface area contributed by atoms with E-state index in [9.17, 15) is 4.79 Å². The van der Waals surface area contributed by atoms with Crippen molar-refractivity contribution in [3.05, 3.63) is 82.6 Å². The molecule has 3 nitrogen and oxygen atoms in total. The Kier molecular flexibility index (Phi) is 19.0. The number of terminal acetylenes is 1. The molecule has 3 heteroatoms. The van der Waals surface area contributed by atoms with E-state index in [-0.39, 0.29) is 5.78 Å². The molecule has 0 saturated carbocycles. The number of unbranched alkanes of at least 4 members (excludes halogenated alkanes) is 1. The summed E-state index contributed by atoms with van der Waals surface area (Å²) in [5, 5.41) is 8.21. The molecule has 1 rings (SSSR count). The molecule has 33 heavy (non-hydrogen) atoms. The number of aryl methyl sites for hydroxylation is 2. The van der Waals surface area contributed by atoms with Crippen molar-refractivity contribution < 1.29 is 4.79 Å². The van der Waals surface area contributed by atoms with Crippen LogP contribution < -0.4 is 5.73 Å². The standard InChI is InChI=1S/C15H24N2.C13H14O.C2H6/c1-5-8-11-14(12(4)16)15(17)13(9-6-2)10-7-3;1-4-13-8-7-12(9-10(13)2)6-5-11(3)14;1-2/h6-7,9-10,17H,2,5,8,11,16H2,1,3-4H3;1,7-9H,5-6H2,2-3H3;1-2H3/b10-7-,13-9+,14-12-,17-15?;;. The number of rotatable bonds is 10. The first kappa shape index (κ1) is 32.1. The van der Waals surface area contributed by atoms with Crippen molar-refractivity contribution in [3.8, 4) is 12.3 Å². The second-order valence-electron chi connectivity index (χ2n) is 7.49. The third kappa shape index (κ3) is 13.8. The minimum Gasteiger partial charge on any atom is -0.402 e. The fourth-order valence-electron chi connectivity index (χ4n) is 2.94. The van der Waals surface area contributed by atoms with Gasteiger partial charge in [0.1, 0.15) is 5.78 Å². The summed E-state index contributed by atoms with van der Waals surface area (Å²) in [7, 11) is 0. The fourth-order valence-corrected chi connectivity index (χ4v) is 2.94. The first-order valence-corrected chi connectivity index (χ1v) is 11.8. The van der Waals surface area contributed by atoms with Crippen LogP contribution in [0.25, 0.3) is 0 Å². The maximum absolute atomic E-state index is 10.8. The van der Waals surface area contributed by atoms with Crippen LogP contribution in [0.3, 0.4) is 0 Å². The minimum atomic E-state index is 0.226. The van der Waals surface area contributed by atoms with Gasteiger partial charge < -0.3 is 10.5 Å². The van der Waals surface area contributed by atoms with E-state index >= 15 is 0 Å². The lowest BCUT2D eigenvalue weighted by Crippen LogP contribution is -2.10. The summed E-state index contributed by atoms with van der Waals surface area (Å²) >= 11 is 0. The number of Topliss-reactive ketones (excluding diaryl/α,β-unsaturated/α-hetero) is 1. The van der Waals surface area contributed by atoms with Crippen LogP contribution in [0, 0.1) is 24.7 Å². The summed E-state index contributed by atoms with van der Waals surface area (Å²) in [4.78, 5) is 10.8. The molecule has 0 aliphatic heterocycles. The van der Waals surface area contributed by atoms with Crippen LogP contribution in [-0.4, -0.2) is 11.5 Å². The van der Waals surface area contributed by atoms with Crippen molar-refractivity contribution in [1.82, 2.24) is 0 Å². The molecular formula is C30H44N2O. The molecule has 1 aromatic carbocycles. The molecule has 0 saturated heterocycles. The summed E-state index contributed by atoms with van der Waals surface area (Å²) in [6.45, 7) is 17.2. The SMILES string of the molecule is C#Cc1ccc(CCC(C)=O)cc1C.C=C/C=C(\C=C/C)C(=N)/C(CCCC)=C(/C)N.CC. The summed E-state index contributed by atoms with van der Waals surface area (Å²) in [6.07, 6.45) is 17.1. The highest BCUT2D eigenvalue weighted by molar-refractivity contribution is 6.12. The van der Waals surface area contributed by atoms with Gasteiger partial charge in [-0.3, -0.25) is 5.41 Å². The van der Waals surface area contributed by atoms with E-state index < -0.39 is 0 Å². The van der Waals surface area contributed by atoms with Gasteiger partial charge in [-0.1, -0.05) is 76.1 Å². The molecular weight excluding hydrogens is 404 g/mol. The van der Waals surface area contributed by atoms with Crippen molar-refractivity contribution >= 4 is 11.5 Å². The van der Waals surface area contributed by atoms with Crippen LogP contribution in [0.15, 0.2) is 65.9 Å². The topological polar surface area (TPSA) is 66.9 Å². The van der Waals surface area contributed by atoms with Crippen LogP contribution in [0.2, 0.25) is 0 Å². The molecule has 0 aliphatic rings. The second-order valence-corrected chi connectivity index (χ2v) is 7.49. The van der Waals surface area contributed by atoms with Gasteiger partial charge in [0.2, 0.25) is 0 Å². The number of hydrogen-bond donors (Lipinski definition) is 2. The highest BCUT2D eigenvalue weighted by atomic mass is 16.1. The predicted octanol–water partition coefficient (Wildman–Crippen LogP) is 7.64. The highest BCUT2D eigenvalue weighted by Gasteiger charge is 2.10. The number of benzene rings is 1. The number of nitrogens with one attached hydrogen (secondary N) is 1. The van der Waals surface area contributed by atoms with Crippen molar-refractivity contribution in [2.45, 2.75) is 80.6 Å². The maximum atomic E-state index is 10.8. The number of nitrogens with two attached hydrogens (primary N) is 1. The zero-order chi connectivity index (χ0) is 25.8. The number of carbonyl (C=O) groups excluding carboxylic acids is 1. The fraction of sp³-hybridized carbons (Fsp3) is 0.400. The quantitative estimate of drug-likeness (QED) is 0.219. The van der Waals surface area contributed by atoms with Crippen LogP contribution in [0.5, 0.6) is 0 Å². The number of ketones is 1. The second kappa shape index (κ2) is 19.6. The molecule has 0 unspecified atom stereocenters. The van der Waals surface area contributed by atoms with E-state index in [4.69, 9.17) is 17.6 Å². The largest absolute Gasteiger partial charge is 0.402 e. The normalized spacial score (nSPS) is 11.3. The first-order chi connectivity index (χ1) is 15.7. The van der Waals surface area contributed by atoms with Crippen LogP contribution in [-0.2, 0) is 11.2 Å². The number of allylic oxidation sites excluding steroid dienone is 7. The van der Waals surface area contributed by atoms with Crippen LogP contribution in [0.4, 0.5) is 0 Å². The van der Waals surface area contributed by atoms with Crippen molar-refractivity contribution in [2.24, 2.45) is 5.73 Å². The Labute approximate surface area is 203 Å². The molecule has 0 radical (unpaired) electrons. The van der Waals surface area contributed by atoms with Crippen molar-refractivity contribution in [2.75, 3.05) is 0 Å². The van der Waals surface area contributed by atoms with Gasteiger partial charge in [0, 0.05) is 17.7 Å². The van der Waals surface area contributed by atoms with E-state index in [2.05, 4.69) is 25.5 Å².